The second-order valence-electron chi connectivity index (χ2n) is 17.3. The van der Waals surface area contributed by atoms with Crippen molar-refractivity contribution in [1.82, 2.24) is 9.13 Å². The number of furan rings is 1. The van der Waals surface area contributed by atoms with Gasteiger partial charge in [-0.1, -0.05) is 140 Å². The predicted molar refractivity (Wildman–Crippen MR) is 275 cm³/mol. The van der Waals surface area contributed by atoms with E-state index < -0.39 is 0 Å². The SMILES string of the molecule is CC1C/C=C(\c2cc3c(cc2-n2c4ccccc4c4cc5ccccc5cc42)oc2ccccc23)N=C(c2cccc3c2sc2ccccc23)N=C1n1c2ccccc2c2ccccc21. The zero-order valence-electron chi connectivity index (χ0n) is 35.4. The average Bonchev–Trinajstić information content (AvgIpc) is 4.10. The molecule has 0 radical (unpaired) electrons. The van der Waals surface area contributed by atoms with E-state index >= 15 is 0 Å². The van der Waals surface area contributed by atoms with E-state index in [0.29, 0.717) is 5.84 Å². The molecule has 0 aliphatic carbocycles. The molecule has 1 unspecified atom stereocenters. The lowest BCUT2D eigenvalue weighted by Gasteiger charge is -2.22. The number of fused-ring (bicyclic) bond motifs is 13. The standard InChI is InChI=1S/C59H38N4OS/c1-35-29-30-48(47-33-46-41-20-7-12-27-54(41)64-55(46)34-53(47)62-49-24-9-6-19-40(49)45-31-36-15-2-3-16-37(36)32-52(45)62)60-58(44-23-14-22-43-42-21-8-13-28-56(42)65-57(43)44)61-59(35)63-50-25-10-4-17-38(50)39-18-5-11-26-51(39)63/h2-28,30-35H,29H2,1H3/b48-30+,60-58?,61-59?. The van der Waals surface area contributed by atoms with Gasteiger partial charge in [-0.15, -0.1) is 11.3 Å². The molecule has 0 N–H and O–H groups in total. The van der Waals surface area contributed by atoms with Crippen LogP contribution in [0.2, 0.25) is 0 Å². The van der Waals surface area contributed by atoms with E-state index in [1.54, 1.807) is 0 Å². The molecule has 0 saturated carbocycles. The average molecular weight is 851 g/mol. The lowest BCUT2D eigenvalue weighted by atomic mass is 9.99. The number of thiophene rings is 1. The summed E-state index contributed by atoms with van der Waals surface area (Å²) in [6.45, 7) is 2.31. The quantitative estimate of drug-likeness (QED) is 0.175. The Hall–Kier alpha value is -8.06. The monoisotopic (exact) mass is 850 g/mol. The Labute approximate surface area is 377 Å². The molecule has 1 aliphatic heterocycles. The minimum Gasteiger partial charge on any atom is -0.456 e. The van der Waals surface area contributed by atoms with Gasteiger partial charge in [-0.2, -0.15) is 0 Å². The van der Waals surface area contributed by atoms with Gasteiger partial charge in [-0.25, -0.2) is 9.98 Å². The normalized spacial score (nSPS) is 15.7. The van der Waals surface area contributed by atoms with E-state index in [4.69, 9.17) is 14.4 Å². The highest BCUT2D eigenvalue weighted by Gasteiger charge is 2.26. The number of rotatable bonds is 3. The third-order valence-corrected chi connectivity index (χ3v) is 14.8. The Morgan fingerprint density at radius 3 is 1.86 bits per heavy atom. The molecule has 5 nitrogen and oxygen atoms in total. The Kier molecular flexibility index (Phi) is 7.83. The molecule has 1 aliphatic rings. The number of aromatic nitrogens is 2. The van der Waals surface area contributed by atoms with E-state index in [1.165, 1.54) is 52.5 Å². The summed E-state index contributed by atoms with van der Waals surface area (Å²) < 4.78 is 13.9. The summed E-state index contributed by atoms with van der Waals surface area (Å²) in [5.41, 5.74) is 10.2. The van der Waals surface area contributed by atoms with Crippen molar-refractivity contribution in [3.8, 4) is 5.69 Å². The summed E-state index contributed by atoms with van der Waals surface area (Å²) in [6, 6.07) is 67.7. The van der Waals surface area contributed by atoms with Crippen LogP contribution in [0.25, 0.3) is 108 Å². The molecular weight excluding hydrogens is 813 g/mol. The molecule has 65 heavy (non-hydrogen) atoms. The van der Waals surface area contributed by atoms with Crippen molar-refractivity contribution < 1.29 is 4.42 Å². The van der Waals surface area contributed by atoms with Crippen molar-refractivity contribution in [1.29, 1.82) is 0 Å². The minimum absolute atomic E-state index is 0.0258. The Morgan fingerprint density at radius 1 is 0.477 bits per heavy atom. The fraction of sp³-hybridized carbons (Fsp3) is 0.0508. The van der Waals surface area contributed by atoms with Gasteiger partial charge in [0.2, 0.25) is 0 Å². The minimum atomic E-state index is 0.0258. The van der Waals surface area contributed by atoms with Crippen LogP contribution in [-0.4, -0.2) is 20.8 Å². The number of hydrogen-bond acceptors (Lipinski definition) is 4. The van der Waals surface area contributed by atoms with E-state index in [-0.39, 0.29) is 5.92 Å². The van der Waals surface area contributed by atoms with Crippen LogP contribution in [0.15, 0.2) is 209 Å². The molecule has 0 amide bonds. The van der Waals surface area contributed by atoms with Gasteiger partial charge in [0.15, 0.2) is 5.84 Å². The topological polar surface area (TPSA) is 47.7 Å². The highest BCUT2D eigenvalue weighted by Crippen LogP contribution is 2.43. The number of hydrogen-bond donors (Lipinski definition) is 0. The van der Waals surface area contributed by atoms with E-state index in [2.05, 4.69) is 204 Å². The molecule has 0 fully saturated rings. The number of para-hydroxylation sites is 4. The van der Waals surface area contributed by atoms with Crippen molar-refractivity contribution in [2.75, 3.05) is 0 Å². The van der Waals surface area contributed by atoms with Crippen LogP contribution in [0.3, 0.4) is 0 Å². The Morgan fingerprint density at radius 2 is 1.09 bits per heavy atom. The number of allylic oxidation sites excluding steroid dienone is 1. The third-order valence-electron chi connectivity index (χ3n) is 13.6. The molecule has 9 aromatic carbocycles. The van der Waals surface area contributed by atoms with Crippen LogP contribution >= 0.6 is 11.3 Å². The first-order valence-corrected chi connectivity index (χ1v) is 23.1. The van der Waals surface area contributed by atoms with Crippen LogP contribution in [-0.2, 0) is 0 Å². The first kappa shape index (κ1) is 36.4. The van der Waals surface area contributed by atoms with E-state index in [9.17, 15) is 0 Å². The Balaban J connectivity index is 1.10. The molecule has 14 rings (SSSR count). The first-order chi connectivity index (χ1) is 32.1. The smallest absolute Gasteiger partial charge is 0.163 e. The maximum absolute atomic E-state index is 6.69. The molecule has 1 atom stereocenters. The lowest BCUT2D eigenvalue weighted by molar-refractivity contribution is 0.668. The van der Waals surface area contributed by atoms with Crippen molar-refractivity contribution in [2.45, 2.75) is 13.3 Å². The van der Waals surface area contributed by atoms with Gasteiger partial charge in [0, 0.05) is 75.6 Å². The van der Waals surface area contributed by atoms with Crippen molar-refractivity contribution in [2.24, 2.45) is 15.9 Å². The molecule has 6 heteroatoms. The zero-order chi connectivity index (χ0) is 42.8. The molecular formula is C59H38N4OS. The summed E-state index contributed by atoms with van der Waals surface area (Å²) in [5, 5.41) is 11.8. The second-order valence-corrected chi connectivity index (χ2v) is 18.4. The van der Waals surface area contributed by atoms with Crippen LogP contribution in [0.4, 0.5) is 0 Å². The molecule has 0 bridgehead atoms. The van der Waals surface area contributed by atoms with Gasteiger partial charge in [0.1, 0.15) is 17.0 Å². The Bertz CT molecular complexity index is 4190. The maximum Gasteiger partial charge on any atom is 0.163 e. The highest BCUT2D eigenvalue weighted by molar-refractivity contribution is 7.26. The van der Waals surface area contributed by atoms with E-state index in [0.717, 1.165) is 78.8 Å². The first-order valence-electron chi connectivity index (χ1n) is 22.3. The second kappa shape index (κ2) is 14.0. The van der Waals surface area contributed by atoms with Crippen LogP contribution in [0, 0.1) is 5.92 Å². The fourth-order valence-electron chi connectivity index (χ4n) is 10.5. The van der Waals surface area contributed by atoms with Crippen molar-refractivity contribution in [3.05, 3.63) is 205 Å². The molecule has 13 aromatic rings. The van der Waals surface area contributed by atoms with Gasteiger partial charge < -0.3 is 8.98 Å². The van der Waals surface area contributed by atoms with Gasteiger partial charge in [-0.05, 0) is 71.8 Å². The third kappa shape index (κ3) is 5.44. The van der Waals surface area contributed by atoms with Crippen molar-refractivity contribution >= 4 is 125 Å². The summed E-state index contributed by atoms with van der Waals surface area (Å²) in [7, 11) is 0. The predicted octanol–water partition coefficient (Wildman–Crippen LogP) is 16.1. The van der Waals surface area contributed by atoms with E-state index in [1.807, 2.05) is 17.4 Å². The number of aliphatic imine (C=N–C) groups is 2. The van der Waals surface area contributed by atoms with Crippen molar-refractivity contribution in [3.63, 3.8) is 0 Å². The van der Waals surface area contributed by atoms with Gasteiger partial charge >= 0.3 is 0 Å². The zero-order valence-corrected chi connectivity index (χ0v) is 36.2. The maximum atomic E-state index is 6.69. The van der Waals surface area contributed by atoms with Gasteiger partial charge in [0.25, 0.3) is 0 Å². The summed E-state index contributed by atoms with van der Waals surface area (Å²) >= 11 is 1.81. The summed E-state index contributed by atoms with van der Waals surface area (Å²) in [4.78, 5) is 11.7. The summed E-state index contributed by atoms with van der Waals surface area (Å²) in [5.74, 6) is 1.69. The van der Waals surface area contributed by atoms with Crippen LogP contribution < -0.4 is 0 Å². The van der Waals surface area contributed by atoms with Crippen LogP contribution in [0.5, 0.6) is 0 Å². The highest BCUT2D eigenvalue weighted by atomic mass is 32.1. The van der Waals surface area contributed by atoms with Gasteiger partial charge in [-0.3, -0.25) is 4.57 Å². The molecule has 4 aromatic heterocycles. The molecule has 0 spiro atoms. The molecule has 306 valence electrons. The number of benzene rings is 9. The number of amidine groups is 1. The molecule has 0 saturated heterocycles. The van der Waals surface area contributed by atoms with Crippen LogP contribution in [0.1, 0.15) is 24.5 Å². The van der Waals surface area contributed by atoms with Gasteiger partial charge in [0.05, 0.1) is 33.5 Å². The summed E-state index contributed by atoms with van der Waals surface area (Å²) in [6.07, 6.45) is 3.08. The fourth-order valence-corrected chi connectivity index (χ4v) is 11.7. The molecule has 5 heterocycles. The number of nitrogens with zero attached hydrogens (tertiary/aromatic N) is 4. The largest absolute Gasteiger partial charge is 0.456 e. The lowest BCUT2D eigenvalue weighted by Crippen LogP contribution is -2.23.